The molecule has 0 fully saturated rings. The maximum atomic E-state index is 10.1. The van der Waals surface area contributed by atoms with E-state index in [1.54, 1.807) is 12.5 Å². The number of nitrogens with one attached hydrogen (secondary N) is 1. The van der Waals surface area contributed by atoms with Crippen molar-refractivity contribution < 1.29 is 5.11 Å². The van der Waals surface area contributed by atoms with Gasteiger partial charge in [0, 0.05) is 6.20 Å². The van der Waals surface area contributed by atoms with Gasteiger partial charge >= 0.3 is 0 Å². The van der Waals surface area contributed by atoms with E-state index < -0.39 is 6.10 Å². The molecule has 0 aliphatic heterocycles. The Morgan fingerprint density at radius 2 is 2.13 bits per heavy atom. The number of rotatable bonds is 2. The second-order valence-corrected chi connectivity index (χ2v) is 3.69. The molecule has 1 heterocycles. The maximum Gasteiger partial charge on any atom is 0.123 e. The van der Waals surface area contributed by atoms with E-state index >= 15 is 0 Å². The molecule has 3 nitrogen and oxygen atoms in total. The van der Waals surface area contributed by atoms with Gasteiger partial charge in [-0.05, 0) is 30.5 Å². The third-order valence-corrected chi connectivity index (χ3v) is 2.74. The van der Waals surface area contributed by atoms with Crippen LogP contribution in [-0.4, -0.2) is 15.1 Å². The topological polar surface area (TPSA) is 48.9 Å². The zero-order chi connectivity index (χ0) is 10.8. The smallest absolute Gasteiger partial charge is 0.123 e. The molecule has 1 atom stereocenters. The summed E-state index contributed by atoms with van der Waals surface area (Å²) < 4.78 is 0. The fraction of sp³-hybridized carbons (Fsp3) is 0.250. The number of imidazole rings is 1. The number of aromatic nitrogens is 2. The van der Waals surface area contributed by atoms with E-state index in [0.717, 1.165) is 11.1 Å². The SMILES string of the molecule is Cc1cccc(C(O)c2c[nH]cn2)c1C. The molecule has 2 aromatic rings. The molecule has 1 aromatic heterocycles. The van der Waals surface area contributed by atoms with Gasteiger partial charge in [-0.1, -0.05) is 18.2 Å². The monoisotopic (exact) mass is 202 g/mol. The van der Waals surface area contributed by atoms with Gasteiger partial charge in [-0.15, -0.1) is 0 Å². The van der Waals surface area contributed by atoms with Crippen molar-refractivity contribution in [2.45, 2.75) is 20.0 Å². The molecule has 1 unspecified atom stereocenters. The van der Waals surface area contributed by atoms with Crippen LogP contribution in [0.25, 0.3) is 0 Å². The number of aromatic amines is 1. The predicted molar refractivity (Wildman–Crippen MR) is 58.6 cm³/mol. The molecule has 0 saturated heterocycles. The van der Waals surface area contributed by atoms with E-state index in [0.29, 0.717) is 5.69 Å². The lowest BCUT2D eigenvalue weighted by molar-refractivity contribution is 0.215. The van der Waals surface area contributed by atoms with Crippen LogP contribution >= 0.6 is 0 Å². The number of H-pyrrole nitrogens is 1. The van der Waals surface area contributed by atoms with Crippen LogP contribution in [0, 0.1) is 13.8 Å². The first-order chi connectivity index (χ1) is 7.20. The van der Waals surface area contributed by atoms with Crippen LogP contribution in [-0.2, 0) is 0 Å². The Bertz CT molecular complexity index is 449. The quantitative estimate of drug-likeness (QED) is 0.783. The van der Waals surface area contributed by atoms with Gasteiger partial charge in [0.05, 0.1) is 12.0 Å². The van der Waals surface area contributed by atoms with Crippen molar-refractivity contribution in [2.24, 2.45) is 0 Å². The van der Waals surface area contributed by atoms with Gasteiger partial charge in [0.15, 0.2) is 0 Å². The first kappa shape index (κ1) is 9.93. The second-order valence-electron chi connectivity index (χ2n) is 3.69. The van der Waals surface area contributed by atoms with E-state index in [4.69, 9.17) is 0 Å². The van der Waals surface area contributed by atoms with Crippen LogP contribution in [0.5, 0.6) is 0 Å². The highest BCUT2D eigenvalue weighted by Crippen LogP contribution is 2.24. The van der Waals surface area contributed by atoms with Crippen molar-refractivity contribution in [3.63, 3.8) is 0 Å². The van der Waals surface area contributed by atoms with E-state index in [9.17, 15) is 5.11 Å². The minimum absolute atomic E-state index is 0.642. The molecule has 0 saturated carbocycles. The summed E-state index contributed by atoms with van der Waals surface area (Å²) in [5.74, 6) is 0. The van der Waals surface area contributed by atoms with Gasteiger partial charge in [-0.2, -0.15) is 0 Å². The van der Waals surface area contributed by atoms with E-state index in [-0.39, 0.29) is 0 Å². The number of hydrogen-bond donors (Lipinski definition) is 2. The third kappa shape index (κ3) is 1.78. The van der Waals surface area contributed by atoms with Gasteiger partial charge in [0.25, 0.3) is 0 Å². The summed E-state index contributed by atoms with van der Waals surface area (Å²) in [6.07, 6.45) is 2.65. The van der Waals surface area contributed by atoms with Crippen LogP contribution in [0.3, 0.4) is 0 Å². The minimum Gasteiger partial charge on any atom is -0.382 e. The molecule has 0 spiro atoms. The largest absolute Gasteiger partial charge is 0.382 e. The lowest BCUT2D eigenvalue weighted by Crippen LogP contribution is -2.03. The molecule has 78 valence electrons. The number of hydrogen-bond acceptors (Lipinski definition) is 2. The Balaban J connectivity index is 2.42. The summed E-state index contributed by atoms with van der Waals surface area (Å²) in [5.41, 5.74) is 3.88. The number of nitrogens with zero attached hydrogens (tertiary/aromatic N) is 1. The van der Waals surface area contributed by atoms with Crippen molar-refractivity contribution in [1.29, 1.82) is 0 Å². The summed E-state index contributed by atoms with van der Waals surface area (Å²) in [5, 5.41) is 10.1. The highest BCUT2D eigenvalue weighted by Gasteiger charge is 2.14. The van der Waals surface area contributed by atoms with Crippen LogP contribution < -0.4 is 0 Å². The lowest BCUT2D eigenvalue weighted by atomic mass is 9.98. The Kier molecular flexibility index (Phi) is 2.56. The summed E-state index contributed by atoms with van der Waals surface area (Å²) in [7, 11) is 0. The average molecular weight is 202 g/mol. The van der Waals surface area contributed by atoms with Crippen LogP contribution in [0.2, 0.25) is 0 Å². The molecule has 0 aliphatic rings. The number of aliphatic hydroxyl groups excluding tert-OH is 1. The fourth-order valence-electron chi connectivity index (χ4n) is 1.65. The van der Waals surface area contributed by atoms with Gasteiger partial charge in [-0.25, -0.2) is 4.98 Å². The molecule has 2 N–H and O–H groups in total. The maximum absolute atomic E-state index is 10.1. The average Bonchev–Trinajstić information content (AvgIpc) is 2.74. The highest BCUT2D eigenvalue weighted by molar-refractivity contribution is 5.37. The standard InChI is InChI=1S/C12H14N2O/c1-8-4-3-5-10(9(8)2)12(15)11-6-13-7-14-11/h3-7,12,15H,1-2H3,(H,13,14). The Labute approximate surface area is 88.8 Å². The molecule has 3 heteroatoms. The van der Waals surface area contributed by atoms with Crippen molar-refractivity contribution in [3.05, 3.63) is 53.1 Å². The molecular formula is C12H14N2O. The van der Waals surface area contributed by atoms with E-state index in [2.05, 4.69) is 9.97 Å². The number of benzene rings is 1. The zero-order valence-corrected chi connectivity index (χ0v) is 8.86. The van der Waals surface area contributed by atoms with Crippen molar-refractivity contribution in [3.8, 4) is 0 Å². The molecule has 15 heavy (non-hydrogen) atoms. The van der Waals surface area contributed by atoms with Crippen LogP contribution in [0.15, 0.2) is 30.7 Å². The Hall–Kier alpha value is -1.61. The van der Waals surface area contributed by atoms with Gasteiger partial charge in [0.2, 0.25) is 0 Å². The molecule has 0 radical (unpaired) electrons. The molecule has 2 rings (SSSR count). The fourth-order valence-corrected chi connectivity index (χ4v) is 1.65. The summed E-state index contributed by atoms with van der Waals surface area (Å²) in [4.78, 5) is 6.90. The molecule has 0 bridgehead atoms. The van der Waals surface area contributed by atoms with E-state index in [1.807, 2.05) is 32.0 Å². The first-order valence-corrected chi connectivity index (χ1v) is 4.93. The molecule has 0 amide bonds. The minimum atomic E-state index is -0.642. The van der Waals surface area contributed by atoms with Crippen molar-refractivity contribution >= 4 is 0 Å². The van der Waals surface area contributed by atoms with Crippen molar-refractivity contribution in [1.82, 2.24) is 9.97 Å². The summed E-state index contributed by atoms with van der Waals surface area (Å²) in [6.45, 7) is 4.05. The first-order valence-electron chi connectivity index (χ1n) is 4.93. The molecule has 0 aliphatic carbocycles. The zero-order valence-electron chi connectivity index (χ0n) is 8.86. The highest BCUT2D eigenvalue weighted by atomic mass is 16.3. The Morgan fingerprint density at radius 3 is 2.80 bits per heavy atom. The number of aliphatic hydroxyl groups is 1. The third-order valence-electron chi connectivity index (χ3n) is 2.74. The van der Waals surface area contributed by atoms with Crippen LogP contribution in [0.1, 0.15) is 28.5 Å². The molecular weight excluding hydrogens is 188 g/mol. The lowest BCUT2D eigenvalue weighted by Gasteiger charge is -2.13. The van der Waals surface area contributed by atoms with Gasteiger partial charge in [-0.3, -0.25) is 0 Å². The van der Waals surface area contributed by atoms with Gasteiger partial charge < -0.3 is 10.1 Å². The van der Waals surface area contributed by atoms with E-state index in [1.165, 1.54) is 5.56 Å². The summed E-state index contributed by atoms with van der Waals surface area (Å²) in [6, 6.07) is 5.92. The number of aryl methyl sites for hydroxylation is 1. The Morgan fingerprint density at radius 1 is 1.33 bits per heavy atom. The van der Waals surface area contributed by atoms with Crippen molar-refractivity contribution in [2.75, 3.05) is 0 Å². The predicted octanol–water partition coefficient (Wildman–Crippen LogP) is 2.11. The summed E-state index contributed by atoms with van der Waals surface area (Å²) >= 11 is 0. The second kappa shape index (κ2) is 3.87. The van der Waals surface area contributed by atoms with Crippen LogP contribution in [0.4, 0.5) is 0 Å². The normalized spacial score (nSPS) is 12.7. The van der Waals surface area contributed by atoms with Gasteiger partial charge in [0.1, 0.15) is 6.10 Å². The molecule has 1 aromatic carbocycles.